The van der Waals surface area contributed by atoms with E-state index in [9.17, 15) is 14.0 Å². The van der Waals surface area contributed by atoms with E-state index in [-0.39, 0.29) is 29.8 Å². The minimum absolute atomic E-state index is 0.0140. The van der Waals surface area contributed by atoms with Gasteiger partial charge >= 0.3 is 6.09 Å². The number of halogens is 1. The van der Waals surface area contributed by atoms with Gasteiger partial charge in [0.2, 0.25) is 5.91 Å². The second-order valence-electron chi connectivity index (χ2n) is 7.40. The molecule has 2 aromatic carbocycles. The largest absolute Gasteiger partial charge is 0.446 e. The topological polar surface area (TPSA) is 67.4 Å². The molecule has 0 spiro atoms. The predicted octanol–water partition coefficient (Wildman–Crippen LogP) is 5.00. The number of carbonyl (C=O) groups is 2. The molecule has 0 unspecified atom stereocenters. The predicted molar refractivity (Wildman–Crippen MR) is 110 cm³/mol. The molecule has 0 saturated heterocycles. The number of amides is 2. The first-order chi connectivity index (χ1) is 14.0. The summed E-state index contributed by atoms with van der Waals surface area (Å²) in [5, 5.41) is 5.74. The van der Waals surface area contributed by atoms with Gasteiger partial charge in [-0.15, -0.1) is 0 Å². The first-order valence-corrected chi connectivity index (χ1v) is 10.1. The summed E-state index contributed by atoms with van der Waals surface area (Å²) in [5.41, 5.74) is 1.49. The van der Waals surface area contributed by atoms with Crippen molar-refractivity contribution in [2.24, 2.45) is 0 Å². The summed E-state index contributed by atoms with van der Waals surface area (Å²) in [7, 11) is 0. The van der Waals surface area contributed by atoms with E-state index < -0.39 is 6.09 Å². The zero-order valence-electron chi connectivity index (χ0n) is 16.6. The third kappa shape index (κ3) is 6.04. The lowest BCUT2D eigenvalue weighted by Crippen LogP contribution is -2.43. The number of hydrogen-bond acceptors (Lipinski definition) is 3. The van der Waals surface area contributed by atoms with Crippen molar-refractivity contribution in [3.05, 3.63) is 66.0 Å². The van der Waals surface area contributed by atoms with Gasteiger partial charge in [-0.05, 0) is 55.5 Å². The summed E-state index contributed by atoms with van der Waals surface area (Å²) >= 11 is 0. The van der Waals surface area contributed by atoms with Gasteiger partial charge in [0.25, 0.3) is 0 Å². The fourth-order valence-corrected chi connectivity index (χ4v) is 3.77. The number of hydrogen-bond donors (Lipinski definition) is 2. The molecule has 6 heteroatoms. The number of nitrogens with one attached hydrogen (secondary N) is 2. The molecule has 0 heterocycles. The van der Waals surface area contributed by atoms with E-state index in [0.29, 0.717) is 12.1 Å². The van der Waals surface area contributed by atoms with Crippen LogP contribution in [0.3, 0.4) is 0 Å². The van der Waals surface area contributed by atoms with Crippen LogP contribution in [0.4, 0.5) is 14.9 Å². The molecule has 3 rings (SSSR count). The van der Waals surface area contributed by atoms with Gasteiger partial charge in [-0.25, -0.2) is 9.18 Å². The van der Waals surface area contributed by atoms with Crippen LogP contribution in [0.5, 0.6) is 0 Å². The van der Waals surface area contributed by atoms with E-state index >= 15 is 0 Å². The van der Waals surface area contributed by atoms with Crippen LogP contribution >= 0.6 is 0 Å². The highest BCUT2D eigenvalue weighted by Gasteiger charge is 2.28. The summed E-state index contributed by atoms with van der Waals surface area (Å²) < 4.78 is 18.5. The first-order valence-electron chi connectivity index (χ1n) is 10.1. The molecule has 29 heavy (non-hydrogen) atoms. The van der Waals surface area contributed by atoms with Gasteiger partial charge in [0.1, 0.15) is 11.9 Å². The average molecular weight is 398 g/mol. The van der Waals surface area contributed by atoms with E-state index in [4.69, 9.17) is 4.74 Å². The SMILES string of the molecule is CC[C@H](C(=O)N[C@H]1CCC[C@H](OC(=O)Nc2ccc(F)cc2)C1)c1ccccc1. The van der Waals surface area contributed by atoms with Gasteiger partial charge < -0.3 is 10.1 Å². The number of anilines is 1. The maximum atomic E-state index is 13.0. The van der Waals surface area contributed by atoms with Gasteiger partial charge in [0.15, 0.2) is 0 Å². The monoisotopic (exact) mass is 398 g/mol. The van der Waals surface area contributed by atoms with E-state index in [1.54, 1.807) is 0 Å². The van der Waals surface area contributed by atoms with E-state index in [0.717, 1.165) is 31.2 Å². The van der Waals surface area contributed by atoms with Crippen LogP contribution in [-0.4, -0.2) is 24.1 Å². The zero-order chi connectivity index (χ0) is 20.6. The Morgan fingerprint density at radius 1 is 1.10 bits per heavy atom. The second-order valence-corrected chi connectivity index (χ2v) is 7.40. The summed E-state index contributed by atoms with van der Waals surface area (Å²) in [6.45, 7) is 2.00. The lowest BCUT2D eigenvalue weighted by Gasteiger charge is -2.30. The van der Waals surface area contributed by atoms with Crippen LogP contribution in [0, 0.1) is 5.82 Å². The number of benzene rings is 2. The van der Waals surface area contributed by atoms with Crippen LogP contribution in [0.1, 0.15) is 50.5 Å². The quantitative estimate of drug-likeness (QED) is 0.720. The van der Waals surface area contributed by atoms with Crippen LogP contribution in [-0.2, 0) is 9.53 Å². The van der Waals surface area contributed by atoms with E-state index in [2.05, 4.69) is 10.6 Å². The average Bonchev–Trinajstić information content (AvgIpc) is 2.71. The van der Waals surface area contributed by atoms with Crippen molar-refractivity contribution in [3.8, 4) is 0 Å². The maximum Gasteiger partial charge on any atom is 0.411 e. The Morgan fingerprint density at radius 2 is 1.83 bits per heavy atom. The van der Waals surface area contributed by atoms with E-state index in [1.165, 1.54) is 24.3 Å². The molecular weight excluding hydrogens is 371 g/mol. The lowest BCUT2D eigenvalue weighted by molar-refractivity contribution is -0.123. The van der Waals surface area contributed by atoms with Gasteiger partial charge in [-0.2, -0.15) is 0 Å². The molecular formula is C23H27FN2O3. The molecule has 5 nitrogen and oxygen atoms in total. The second kappa shape index (κ2) is 10.0. The molecule has 1 aliphatic rings. The highest BCUT2D eigenvalue weighted by Crippen LogP contribution is 2.24. The summed E-state index contributed by atoms with van der Waals surface area (Å²) in [5.74, 6) is -0.532. The fraction of sp³-hybridized carbons (Fsp3) is 0.391. The van der Waals surface area contributed by atoms with Crippen LogP contribution in [0.2, 0.25) is 0 Å². The molecule has 1 fully saturated rings. The molecule has 2 N–H and O–H groups in total. The summed E-state index contributed by atoms with van der Waals surface area (Å²) in [6.07, 6.45) is 3.00. The Labute approximate surface area is 170 Å². The van der Waals surface area contributed by atoms with Crippen molar-refractivity contribution in [2.75, 3.05) is 5.32 Å². The van der Waals surface area contributed by atoms with Crippen molar-refractivity contribution in [1.29, 1.82) is 0 Å². The molecule has 1 saturated carbocycles. The highest BCUT2D eigenvalue weighted by atomic mass is 19.1. The van der Waals surface area contributed by atoms with Crippen molar-refractivity contribution in [3.63, 3.8) is 0 Å². The smallest absolute Gasteiger partial charge is 0.411 e. The van der Waals surface area contributed by atoms with Gasteiger partial charge in [-0.3, -0.25) is 10.1 Å². The fourth-order valence-electron chi connectivity index (χ4n) is 3.77. The molecule has 2 aromatic rings. The lowest BCUT2D eigenvalue weighted by atomic mass is 9.91. The summed E-state index contributed by atoms with van der Waals surface area (Å²) in [4.78, 5) is 24.9. The first kappa shape index (κ1) is 20.8. The zero-order valence-corrected chi connectivity index (χ0v) is 16.6. The molecule has 2 amide bonds. The molecule has 0 aliphatic heterocycles. The normalized spacial score (nSPS) is 19.8. The maximum absolute atomic E-state index is 13.0. The molecule has 154 valence electrons. The summed E-state index contributed by atoms with van der Waals surface area (Å²) in [6, 6.07) is 15.3. The minimum Gasteiger partial charge on any atom is -0.446 e. The van der Waals surface area contributed by atoms with Crippen molar-refractivity contribution in [1.82, 2.24) is 5.32 Å². The third-order valence-corrected chi connectivity index (χ3v) is 5.26. The van der Waals surface area contributed by atoms with Crippen LogP contribution in [0.15, 0.2) is 54.6 Å². The standard InChI is InChI=1S/C23H27FN2O3/c1-2-21(16-7-4-3-5-8-16)22(27)25-19-9-6-10-20(15-19)29-23(28)26-18-13-11-17(24)12-14-18/h3-5,7-8,11-14,19-21H,2,6,9-10,15H2,1H3,(H,25,27)(H,26,28)/t19-,20-,21-/m0/s1. The van der Waals surface area contributed by atoms with E-state index in [1.807, 2.05) is 37.3 Å². The van der Waals surface area contributed by atoms with Gasteiger partial charge in [0, 0.05) is 18.2 Å². The van der Waals surface area contributed by atoms with Gasteiger partial charge in [0.05, 0.1) is 5.92 Å². The number of rotatable bonds is 6. The molecule has 3 atom stereocenters. The Hall–Kier alpha value is -2.89. The Balaban J connectivity index is 1.51. The minimum atomic E-state index is -0.565. The Bertz CT molecular complexity index is 811. The highest BCUT2D eigenvalue weighted by molar-refractivity contribution is 5.85. The molecule has 0 bridgehead atoms. The van der Waals surface area contributed by atoms with Crippen LogP contribution in [0.25, 0.3) is 0 Å². The molecule has 0 aromatic heterocycles. The Kier molecular flexibility index (Phi) is 7.22. The number of ether oxygens (including phenoxy) is 1. The van der Waals surface area contributed by atoms with Crippen molar-refractivity contribution in [2.45, 2.75) is 57.1 Å². The van der Waals surface area contributed by atoms with Crippen molar-refractivity contribution < 1.29 is 18.7 Å². The third-order valence-electron chi connectivity index (χ3n) is 5.26. The van der Waals surface area contributed by atoms with Crippen LogP contribution < -0.4 is 10.6 Å². The molecule has 1 aliphatic carbocycles. The van der Waals surface area contributed by atoms with Gasteiger partial charge in [-0.1, -0.05) is 37.3 Å². The Morgan fingerprint density at radius 3 is 2.52 bits per heavy atom. The van der Waals surface area contributed by atoms with Crippen molar-refractivity contribution >= 4 is 17.7 Å². The number of carbonyl (C=O) groups excluding carboxylic acids is 2. The molecule has 0 radical (unpaired) electrons.